The lowest BCUT2D eigenvalue weighted by atomic mass is 10.2. The van der Waals surface area contributed by atoms with Crippen molar-refractivity contribution in [3.05, 3.63) is 28.2 Å². The molecule has 0 N–H and O–H groups in total. The van der Waals surface area contributed by atoms with Crippen molar-refractivity contribution in [2.24, 2.45) is 0 Å². The van der Waals surface area contributed by atoms with Gasteiger partial charge < -0.3 is 4.43 Å². The van der Waals surface area contributed by atoms with Crippen molar-refractivity contribution in [1.29, 1.82) is 0 Å². The molecular formula is C14H19BrOSi. The van der Waals surface area contributed by atoms with Crippen LogP contribution in [0.5, 0.6) is 5.75 Å². The Labute approximate surface area is 114 Å². The van der Waals surface area contributed by atoms with Crippen molar-refractivity contribution in [1.82, 2.24) is 0 Å². The molecule has 0 aliphatic carbocycles. The van der Waals surface area contributed by atoms with Crippen LogP contribution in [0, 0.1) is 12.3 Å². The molecule has 1 nitrogen and oxygen atoms in total. The fourth-order valence-corrected chi connectivity index (χ4v) is 2.64. The minimum absolute atomic E-state index is 0.186. The summed E-state index contributed by atoms with van der Waals surface area (Å²) < 4.78 is 7.16. The van der Waals surface area contributed by atoms with Crippen molar-refractivity contribution in [3.63, 3.8) is 0 Å². The van der Waals surface area contributed by atoms with Crippen molar-refractivity contribution < 1.29 is 4.43 Å². The highest BCUT2D eigenvalue weighted by molar-refractivity contribution is 9.10. The first-order chi connectivity index (χ1) is 7.65. The summed E-state index contributed by atoms with van der Waals surface area (Å²) in [7, 11) is -1.79. The van der Waals surface area contributed by atoms with E-state index in [1.165, 1.54) is 0 Å². The summed E-state index contributed by atoms with van der Waals surface area (Å²) in [4.78, 5) is 0. The molecule has 3 heteroatoms. The second kappa shape index (κ2) is 4.87. The SMILES string of the molecule is C#Cc1cc(Br)cc(O[Si](C)(C)C(C)(C)C)c1. The van der Waals surface area contributed by atoms with E-state index in [0.717, 1.165) is 15.8 Å². The summed E-state index contributed by atoms with van der Waals surface area (Å²) in [5.74, 6) is 3.50. The molecule has 0 saturated heterocycles. The summed E-state index contributed by atoms with van der Waals surface area (Å²) in [6.45, 7) is 11.1. The lowest BCUT2D eigenvalue weighted by Gasteiger charge is -2.36. The Bertz CT molecular complexity index is 452. The van der Waals surface area contributed by atoms with Gasteiger partial charge in [-0.05, 0) is 36.3 Å². The van der Waals surface area contributed by atoms with Crippen LogP contribution in [0.1, 0.15) is 26.3 Å². The van der Waals surface area contributed by atoms with Gasteiger partial charge in [0, 0.05) is 10.0 Å². The molecule has 1 rings (SSSR count). The molecule has 0 amide bonds. The quantitative estimate of drug-likeness (QED) is 0.562. The fourth-order valence-electron chi connectivity index (χ4n) is 1.15. The zero-order chi connectivity index (χ0) is 13.3. The van der Waals surface area contributed by atoms with Gasteiger partial charge in [-0.3, -0.25) is 0 Å². The Kier molecular flexibility index (Phi) is 4.11. The smallest absolute Gasteiger partial charge is 0.250 e. The largest absolute Gasteiger partial charge is 0.543 e. The predicted octanol–water partition coefficient (Wildman–Crippen LogP) is 4.81. The molecule has 1 aromatic rings. The molecule has 0 aliphatic rings. The molecule has 0 radical (unpaired) electrons. The lowest BCUT2D eigenvalue weighted by Crippen LogP contribution is -2.43. The highest BCUT2D eigenvalue weighted by Gasteiger charge is 2.38. The van der Waals surface area contributed by atoms with Gasteiger partial charge in [0.15, 0.2) is 0 Å². The first-order valence-corrected chi connectivity index (χ1v) is 9.32. The summed E-state index contributed by atoms with van der Waals surface area (Å²) in [5.41, 5.74) is 0.841. The highest BCUT2D eigenvalue weighted by Crippen LogP contribution is 2.37. The Balaban J connectivity index is 3.04. The van der Waals surface area contributed by atoms with Crippen LogP contribution in [-0.2, 0) is 0 Å². The summed E-state index contributed by atoms with van der Waals surface area (Å²) in [5, 5.41) is 0.186. The van der Waals surface area contributed by atoms with Crippen LogP contribution in [0.25, 0.3) is 0 Å². The molecule has 0 heterocycles. The molecule has 0 saturated carbocycles. The van der Waals surface area contributed by atoms with E-state index in [4.69, 9.17) is 10.8 Å². The van der Waals surface area contributed by atoms with Gasteiger partial charge in [-0.2, -0.15) is 0 Å². The van der Waals surface area contributed by atoms with E-state index in [1.807, 2.05) is 18.2 Å². The van der Waals surface area contributed by atoms with Crippen molar-refractivity contribution in [2.75, 3.05) is 0 Å². The first-order valence-electron chi connectivity index (χ1n) is 5.62. The van der Waals surface area contributed by atoms with E-state index in [-0.39, 0.29) is 5.04 Å². The van der Waals surface area contributed by atoms with Gasteiger partial charge in [-0.15, -0.1) is 6.42 Å². The maximum absolute atomic E-state index is 6.20. The molecule has 0 aromatic heterocycles. The molecule has 0 unspecified atom stereocenters. The van der Waals surface area contributed by atoms with Crippen molar-refractivity contribution in [3.8, 4) is 18.1 Å². The van der Waals surface area contributed by atoms with Crippen molar-refractivity contribution in [2.45, 2.75) is 38.9 Å². The van der Waals surface area contributed by atoms with E-state index in [1.54, 1.807) is 0 Å². The first kappa shape index (κ1) is 14.3. The molecule has 0 bridgehead atoms. The Morgan fingerprint density at radius 1 is 1.24 bits per heavy atom. The van der Waals surface area contributed by atoms with Crippen LogP contribution in [0.3, 0.4) is 0 Å². The van der Waals surface area contributed by atoms with E-state index < -0.39 is 8.32 Å². The second-order valence-electron chi connectivity index (χ2n) is 5.68. The van der Waals surface area contributed by atoms with E-state index in [0.29, 0.717) is 0 Å². The molecule has 0 fully saturated rings. The average Bonchev–Trinajstić information content (AvgIpc) is 2.14. The number of terminal acetylenes is 1. The van der Waals surface area contributed by atoms with Crippen LogP contribution >= 0.6 is 15.9 Å². The van der Waals surface area contributed by atoms with Gasteiger partial charge in [-0.25, -0.2) is 0 Å². The number of benzene rings is 1. The molecule has 0 aliphatic heterocycles. The average molecular weight is 311 g/mol. The summed E-state index contributed by atoms with van der Waals surface area (Å²) in [6, 6.07) is 5.81. The third-order valence-electron chi connectivity index (χ3n) is 3.22. The van der Waals surface area contributed by atoms with E-state index in [2.05, 4.69) is 55.7 Å². The Morgan fingerprint density at radius 2 is 1.82 bits per heavy atom. The fraction of sp³-hybridized carbons (Fsp3) is 0.429. The van der Waals surface area contributed by atoms with Crippen molar-refractivity contribution >= 4 is 24.2 Å². The zero-order valence-corrected chi connectivity index (χ0v) is 13.7. The standard InChI is InChI=1S/C14H19BrOSi/c1-7-11-8-12(15)10-13(9-11)16-17(5,6)14(2,3)4/h1,8-10H,2-6H3. The van der Waals surface area contributed by atoms with Crippen LogP contribution < -0.4 is 4.43 Å². The normalized spacial score (nSPS) is 12.1. The predicted molar refractivity (Wildman–Crippen MR) is 79.9 cm³/mol. The van der Waals surface area contributed by atoms with Crippen LogP contribution in [0.4, 0.5) is 0 Å². The van der Waals surface area contributed by atoms with Crippen LogP contribution in [0.2, 0.25) is 18.1 Å². The maximum Gasteiger partial charge on any atom is 0.250 e. The molecule has 1 aromatic carbocycles. The zero-order valence-electron chi connectivity index (χ0n) is 11.1. The minimum atomic E-state index is -1.79. The molecule has 0 spiro atoms. The van der Waals surface area contributed by atoms with E-state index in [9.17, 15) is 0 Å². The molecule has 17 heavy (non-hydrogen) atoms. The van der Waals surface area contributed by atoms with Crippen LogP contribution in [0.15, 0.2) is 22.7 Å². The maximum atomic E-state index is 6.20. The van der Waals surface area contributed by atoms with Gasteiger partial charge in [0.1, 0.15) is 5.75 Å². The van der Waals surface area contributed by atoms with Gasteiger partial charge in [0.2, 0.25) is 8.32 Å². The monoisotopic (exact) mass is 310 g/mol. The van der Waals surface area contributed by atoms with E-state index >= 15 is 0 Å². The molecule has 0 atom stereocenters. The van der Waals surface area contributed by atoms with Crippen LogP contribution in [-0.4, -0.2) is 8.32 Å². The van der Waals surface area contributed by atoms with Gasteiger partial charge in [0.05, 0.1) is 0 Å². The highest BCUT2D eigenvalue weighted by atomic mass is 79.9. The number of hydrogen-bond donors (Lipinski definition) is 0. The topological polar surface area (TPSA) is 9.23 Å². The minimum Gasteiger partial charge on any atom is -0.543 e. The molecule has 92 valence electrons. The van der Waals surface area contributed by atoms with Gasteiger partial charge >= 0.3 is 0 Å². The second-order valence-corrected chi connectivity index (χ2v) is 11.3. The Hall–Kier alpha value is -0.723. The number of hydrogen-bond acceptors (Lipinski definition) is 1. The number of halogens is 1. The lowest BCUT2D eigenvalue weighted by molar-refractivity contribution is 0.492. The number of rotatable bonds is 2. The summed E-state index contributed by atoms with van der Waals surface area (Å²) >= 11 is 3.45. The molecular weight excluding hydrogens is 292 g/mol. The van der Waals surface area contributed by atoms with Gasteiger partial charge in [-0.1, -0.05) is 42.6 Å². The third-order valence-corrected chi connectivity index (χ3v) is 8.03. The Morgan fingerprint density at radius 3 is 2.29 bits per heavy atom. The summed E-state index contributed by atoms with van der Waals surface area (Å²) in [6.07, 6.45) is 5.42. The van der Waals surface area contributed by atoms with Gasteiger partial charge in [0.25, 0.3) is 0 Å². The third kappa shape index (κ3) is 3.62.